The van der Waals surface area contributed by atoms with Gasteiger partial charge in [-0.15, -0.1) is 0 Å². The lowest BCUT2D eigenvalue weighted by Gasteiger charge is -2.47. The lowest BCUT2D eigenvalue weighted by atomic mass is 10.0. The van der Waals surface area contributed by atoms with Crippen molar-refractivity contribution in [2.24, 2.45) is 0 Å². The molecular weight excluding hydrogens is 453 g/mol. The summed E-state index contributed by atoms with van der Waals surface area (Å²) in [6.45, 7) is 3.89. The van der Waals surface area contributed by atoms with E-state index in [1.807, 2.05) is 0 Å². The third-order valence-corrected chi connectivity index (χ3v) is 8.70. The number of phosphoric ester groups is 1. The number of likely N-dealkylation sites (tertiary alicyclic amines) is 1. The fraction of sp³-hybridized carbons (Fsp3) is 1.00. The van der Waals surface area contributed by atoms with E-state index in [0.29, 0.717) is 11.1 Å². The van der Waals surface area contributed by atoms with E-state index in [-0.39, 0.29) is 25.5 Å². The first-order chi connectivity index (χ1) is 16.3. The molecule has 0 spiro atoms. The standard InChI is InChI=1S/C26H53NO6P/c1-4-5-6-7-8-9-10-11-12-13-14-15-16-17-20-30-22-24(28)23-31-34(29)32-25-18-19-27(2,3)26(21-25)33-34/h24-26,28H,4-23H2,1-3H3/q+1. The molecule has 0 saturated carbocycles. The zero-order valence-electron chi connectivity index (χ0n) is 22.3. The smallest absolute Gasteiger partial charge is 0.388 e. The monoisotopic (exact) mass is 506 g/mol. The van der Waals surface area contributed by atoms with Gasteiger partial charge in [-0.05, 0) is 6.42 Å². The number of phosphoric acid groups is 1. The summed E-state index contributed by atoms with van der Waals surface area (Å²) in [7, 11) is 0.500. The average Bonchev–Trinajstić information content (AvgIpc) is 2.80. The van der Waals surface area contributed by atoms with E-state index in [9.17, 15) is 9.67 Å². The number of rotatable bonds is 20. The summed E-state index contributed by atoms with van der Waals surface area (Å²) < 4.78 is 35.7. The zero-order valence-corrected chi connectivity index (χ0v) is 23.2. The molecule has 0 amide bonds. The number of aliphatic hydroxyl groups is 1. The number of quaternary nitrogens is 1. The number of ether oxygens (including phenoxy) is 1. The largest absolute Gasteiger partial charge is 0.479 e. The van der Waals surface area contributed by atoms with Gasteiger partial charge >= 0.3 is 7.82 Å². The van der Waals surface area contributed by atoms with Crippen molar-refractivity contribution in [2.45, 2.75) is 128 Å². The number of nitrogens with zero attached hydrogens (tertiary/aromatic N) is 1. The fourth-order valence-corrected chi connectivity index (χ4v) is 6.50. The number of unbranched alkanes of at least 4 members (excludes halogenated alkanes) is 13. The molecule has 4 unspecified atom stereocenters. The first-order valence-corrected chi connectivity index (χ1v) is 15.5. The zero-order chi connectivity index (χ0) is 24.7. The number of aliphatic hydroxyl groups excluding tert-OH is 1. The van der Waals surface area contributed by atoms with Gasteiger partial charge in [0, 0.05) is 13.0 Å². The highest BCUT2D eigenvalue weighted by molar-refractivity contribution is 7.48. The molecule has 0 radical (unpaired) electrons. The van der Waals surface area contributed by atoms with Gasteiger partial charge in [0.1, 0.15) is 6.10 Å². The summed E-state index contributed by atoms with van der Waals surface area (Å²) >= 11 is 0. The van der Waals surface area contributed by atoms with Crippen LogP contribution in [0.15, 0.2) is 0 Å². The van der Waals surface area contributed by atoms with E-state index in [1.165, 1.54) is 77.0 Å². The predicted octanol–water partition coefficient (Wildman–Crippen LogP) is 6.58. The number of hydrogen-bond donors (Lipinski definition) is 1. The maximum absolute atomic E-state index is 12.8. The molecule has 34 heavy (non-hydrogen) atoms. The molecule has 1 N–H and O–H groups in total. The Balaban J connectivity index is 1.38. The Morgan fingerprint density at radius 3 is 2.03 bits per heavy atom. The molecule has 2 rings (SSSR count). The molecule has 2 heterocycles. The Hall–Kier alpha value is -0.0100. The molecule has 202 valence electrons. The third kappa shape index (κ3) is 12.3. The topological polar surface area (TPSA) is 74.2 Å². The molecule has 0 aromatic heterocycles. The highest BCUT2D eigenvalue weighted by Gasteiger charge is 2.50. The van der Waals surface area contributed by atoms with E-state index >= 15 is 0 Å². The van der Waals surface area contributed by atoms with Gasteiger partial charge in [-0.25, -0.2) is 9.09 Å². The summed E-state index contributed by atoms with van der Waals surface area (Å²) in [6.07, 6.45) is 19.1. The summed E-state index contributed by atoms with van der Waals surface area (Å²) in [5, 5.41) is 10.1. The van der Waals surface area contributed by atoms with Crippen LogP contribution < -0.4 is 0 Å². The van der Waals surface area contributed by atoms with Crippen LogP contribution in [-0.4, -0.2) is 68.5 Å². The number of hydrogen-bond acceptors (Lipinski definition) is 6. The predicted molar refractivity (Wildman–Crippen MR) is 137 cm³/mol. The van der Waals surface area contributed by atoms with Gasteiger partial charge in [0.2, 0.25) is 6.23 Å². The van der Waals surface area contributed by atoms with Crippen LogP contribution in [0.3, 0.4) is 0 Å². The number of piperidine rings is 1. The fourth-order valence-electron chi connectivity index (χ4n) is 4.78. The Bertz CT molecular complexity index is 575. The Morgan fingerprint density at radius 2 is 1.44 bits per heavy atom. The van der Waals surface area contributed by atoms with Crippen LogP contribution in [-0.2, 0) is 22.9 Å². The number of fused-ring (bicyclic) bond motifs is 2. The average molecular weight is 507 g/mol. The lowest BCUT2D eigenvalue weighted by Crippen LogP contribution is -2.58. The molecule has 2 aliphatic rings. The van der Waals surface area contributed by atoms with E-state index in [4.69, 9.17) is 18.3 Å². The second kappa shape index (κ2) is 16.7. The molecule has 4 atom stereocenters. The van der Waals surface area contributed by atoms with Gasteiger partial charge in [0.15, 0.2) is 0 Å². The molecule has 2 fully saturated rings. The van der Waals surface area contributed by atoms with Crippen LogP contribution in [0.2, 0.25) is 0 Å². The van der Waals surface area contributed by atoms with E-state index in [0.717, 1.165) is 32.2 Å². The summed E-state index contributed by atoms with van der Waals surface area (Å²) in [4.78, 5) is 0. The molecule has 2 saturated heterocycles. The van der Waals surface area contributed by atoms with E-state index in [1.54, 1.807) is 0 Å². The molecule has 0 aromatic rings. The van der Waals surface area contributed by atoms with Crippen molar-refractivity contribution in [2.75, 3.05) is 40.5 Å². The van der Waals surface area contributed by atoms with Crippen LogP contribution in [0.1, 0.15) is 110 Å². The lowest BCUT2D eigenvalue weighted by molar-refractivity contribution is -0.941. The molecule has 2 aliphatic heterocycles. The summed E-state index contributed by atoms with van der Waals surface area (Å²) in [6, 6.07) is 0. The van der Waals surface area contributed by atoms with Gasteiger partial charge in [0.05, 0.1) is 46.4 Å². The van der Waals surface area contributed by atoms with Gasteiger partial charge in [-0.3, -0.25) is 9.05 Å². The first kappa shape index (κ1) is 30.2. The van der Waals surface area contributed by atoms with Crippen LogP contribution in [0.5, 0.6) is 0 Å². The Kier molecular flexibility index (Phi) is 14.8. The Morgan fingerprint density at radius 1 is 0.882 bits per heavy atom. The highest BCUT2D eigenvalue weighted by Crippen LogP contribution is 2.58. The maximum Gasteiger partial charge on any atom is 0.479 e. The van der Waals surface area contributed by atoms with Crippen molar-refractivity contribution in [1.29, 1.82) is 0 Å². The summed E-state index contributed by atoms with van der Waals surface area (Å²) in [5.74, 6) is 0. The van der Waals surface area contributed by atoms with Crippen molar-refractivity contribution in [3.63, 3.8) is 0 Å². The first-order valence-electron chi connectivity index (χ1n) is 14.0. The second-order valence-corrected chi connectivity index (χ2v) is 12.5. The van der Waals surface area contributed by atoms with Crippen molar-refractivity contribution in [3.05, 3.63) is 0 Å². The van der Waals surface area contributed by atoms with Crippen LogP contribution in [0.25, 0.3) is 0 Å². The minimum Gasteiger partial charge on any atom is -0.388 e. The van der Waals surface area contributed by atoms with Crippen molar-refractivity contribution in [1.82, 2.24) is 0 Å². The normalized spacial score (nSPS) is 27.1. The van der Waals surface area contributed by atoms with Crippen LogP contribution >= 0.6 is 7.82 Å². The quantitative estimate of drug-likeness (QED) is 0.114. The SMILES string of the molecule is CCCCCCCCCCCCCCCCOCC(O)COP1(=O)OC2CC[N+](C)(C)C(C2)O1. The highest BCUT2D eigenvalue weighted by atomic mass is 31.2. The minimum atomic E-state index is -3.63. The van der Waals surface area contributed by atoms with Crippen LogP contribution in [0.4, 0.5) is 0 Å². The van der Waals surface area contributed by atoms with Crippen molar-refractivity contribution >= 4 is 7.82 Å². The molecule has 7 nitrogen and oxygen atoms in total. The third-order valence-electron chi connectivity index (χ3n) is 7.18. The van der Waals surface area contributed by atoms with Crippen molar-refractivity contribution < 1.29 is 32.5 Å². The Labute approximate surface area is 209 Å². The molecule has 8 heteroatoms. The van der Waals surface area contributed by atoms with Gasteiger partial charge in [-0.1, -0.05) is 90.4 Å². The van der Waals surface area contributed by atoms with Gasteiger partial charge in [0.25, 0.3) is 0 Å². The van der Waals surface area contributed by atoms with E-state index in [2.05, 4.69) is 21.0 Å². The molecular formula is C26H53NO6P+. The van der Waals surface area contributed by atoms with Crippen LogP contribution in [0, 0.1) is 0 Å². The maximum atomic E-state index is 12.8. The molecule has 2 bridgehead atoms. The minimum absolute atomic E-state index is 0.0931. The van der Waals surface area contributed by atoms with Crippen molar-refractivity contribution in [3.8, 4) is 0 Å². The van der Waals surface area contributed by atoms with E-state index < -0.39 is 13.9 Å². The summed E-state index contributed by atoms with van der Waals surface area (Å²) in [5.41, 5.74) is 0. The molecule has 0 aromatic carbocycles. The second-order valence-electron chi connectivity index (χ2n) is 10.9. The van der Waals surface area contributed by atoms with Gasteiger partial charge in [-0.2, -0.15) is 0 Å². The van der Waals surface area contributed by atoms with Gasteiger partial charge < -0.3 is 14.3 Å². The molecule has 0 aliphatic carbocycles.